The van der Waals surface area contributed by atoms with E-state index in [0.717, 1.165) is 30.4 Å². The third-order valence-corrected chi connectivity index (χ3v) is 3.51. The minimum absolute atomic E-state index is 0.143. The first-order chi connectivity index (χ1) is 9.28. The fraction of sp³-hybridized carbons (Fsp3) is 0.357. The molecule has 1 heterocycles. The zero-order valence-corrected chi connectivity index (χ0v) is 10.5. The van der Waals surface area contributed by atoms with Crippen LogP contribution in [-0.4, -0.2) is 19.8 Å². The summed E-state index contributed by atoms with van der Waals surface area (Å²) in [5, 5.41) is 7.89. The first kappa shape index (κ1) is 11.7. The number of hydrogen-bond donors (Lipinski definition) is 0. The van der Waals surface area contributed by atoms with Gasteiger partial charge in [-0.25, -0.2) is 4.79 Å². The molecule has 0 N–H and O–H groups in total. The van der Waals surface area contributed by atoms with Crippen LogP contribution in [-0.2, 0) is 6.54 Å². The van der Waals surface area contributed by atoms with Gasteiger partial charge in [0.25, 0.3) is 0 Å². The summed E-state index contributed by atoms with van der Waals surface area (Å²) in [6, 6.07) is 7.78. The van der Waals surface area contributed by atoms with Gasteiger partial charge in [0.2, 0.25) is 0 Å². The van der Waals surface area contributed by atoms with Crippen LogP contribution in [0.3, 0.4) is 0 Å². The molecule has 0 spiro atoms. The van der Waals surface area contributed by atoms with Crippen LogP contribution in [0.2, 0.25) is 0 Å². The highest BCUT2D eigenvalue weighted by Crippen LogP contribution is 2.28. The van der Waals surface area contributed by atoms with Crippen molar-refractivity contribution in [3.63, 3.8) is 0 Å². The van der Waals surface area contributed by atoms with E-state index < -0.39 is 0 Å². The smallest absolute Gasteiger partial charge is 0.244 e. The van der Waals surface area contributed by atoms with Crippen LogP contribution in [0.5, 0.6) is 0 Å². The number of hydrogen-bond acceptors (Lipinski definition) is 3. The molecule has 5 nitrogen and oxygen atoms in total. The molecular weight excluding hydrogens is 240 g/mol. The molecule has 3 rings (SSSR count). The summed E-state index contributed by atoms with van der Waals surface area (Å²) in [7, 11) is 0. The fourth-order valence-corrected chi connectivity index (χ4v) is 2.18. The molecular formula is C14H14N4O. The lowest BCUT2D eigenvalue weighted by Gasteiger charge is -2.23. The lowest BCUT2D eigenvalue weighted by atomic mass is 9.93. The zero-order valence-electron chi connectivity index (χ0n) is 10.5. The van der Waals surface area contributed by atoms with E-state index in [-0.39, 0.29) is 11.7 Å². The van der Waals surface area contributed by atoms with Gasteiger partial charge in [-0.1, -0.05) is 18.1 Å². The summed E-state index contributed by atoms with van der Waals surface area (Å²) in [6.07, 6.45) is 8.56. The molecule has 0 bridgehead atoms. The second kappa shape index (κ2) is 4.73. The second-order valence-electron chi connectivity index (χ2n) is 4.79. The quantitative estimate of drug-likeness (QED) is 0.773. The molecule has 0 radical (unpaired) electrons. The highest BCUT2D eigenvalue weighted by Gasteiger charge is 2.23. The molecule has 1 saturated carbocycles. The van der Waals surface area contributed by atoms with Gasteiger partial charge in [-0.2, -0.15) is 9.36 Å². The molecule has 1 aromatic heterocycles. The third-order valence-electron chi connectivity index (χ3n) is 3.51. The number of aromatic nitrogens is 4. The number of tetrazole rings is 1. The lowest BCUT2D eigenvalue weighted by Crippen LogP contribution is -2.31. The van der Waals surface area contributed by atoms with Crippen LogP contribution in [0.25, 0.3) is 0 Å². The molecule has 0 amide bonds. The van der Waals surface area contributed by atoms with Crippen molar-refractivity contribution in [3.05, 3.63) is 45.9 Å². The molecule has 1 aliphatic rings. The van der Waals surface area contributed by atoms with E-state index in [1.54, 1.807) is 0 Å². The van der Waals surface area contributed by atoms with Gasteiger partial charge in [0.1, 0.15) is 0 Å². The molecule has 1 aromatic carbocycles. The first-order valence-electron chi connectivity index (χ1n) is 6.36. The maximum Gasteiger partial charge on any atom is 0.364 e. The van der Waals surface area contributed by atoms with Crippen LogP contribution < -0.4 is 5.69 Å². The molecule has 1 fully saturated rings. The molecule has 2 aromatic rings. The van der Waals surface area contributed by atoms with Crippen molar-refractivity contribution in [2.75, 3.05) is 0 Å². The third kappa shape index (κ3) is 2.17. The molecule has 19 heavy (non-hydrogen) atoms. The Morgan fingerprint density at radius 3 is 2.89 bits per heavy atom. The Morgan fingerprint density at radius 2 is 2.21 bits per heavy atom. The van der Waals surface area contributed by atoms with Crippen LogP contribution in [0, 0.1) is 12.3 Å². The van der Waals surface area contributed by atoms with Crippen molar-refractivity contribution in [1.29, 1.82) is 0 Å². The average Bonchev–Trinajstić information content (AvgIpc) is 2.70. The number of rotatable bonds is 3. The van der Waals surface area contributed by atoms with E-state index in [2.05, 4.69) is 16.3 Å². The molecule has 1 aliphatic carbocycles. The van der Waals surface area contributed by atoms with E-state index in [1.165, 1.54) is 9.36 Å². The van der Waals surface area contributed by atoms with Gasteiger partial charge in [0, 0.05) is 5.56 Å². The Labute approximate surface area is 110 Å². The molecule has 96 valence electrons. The predicted molar refractivity (Wildman–Crippen MR) is 70.6 cm³/mol. The largest absolute Gasteiger partial charge is 0.364 e. The normalized spacial score (nSPS) is 14.9. The number of benzene rings is 1. The Kier molecular flexibility index (Phi) is 2.92. The van der Waals surface area contributed by atoms with Crippen LogP contribution in [0.1, 0.15) is 36.4 Å². The van der Waals surface area contributed by atoms with Crippen molar-refractivity contribution in [1.82, 2.24) is 19.8 Å². The Morgan fingerprint density at radius 1 is 1.37 bits per heavy atom. The molecule has 0 atom stereocenters. The van der Waals surface area contributed by atoms with Crippen molar-refractivity contribution in [3.8, 4) is 12.3 Å². The first-order valence-corrected chi connectivity index (χ1v) is 6.36. The van der Waals surface area contributed by atoms with Gasteiger partial charge in [-0.3, -0.25) is 0 Å². The molecule has 5 heteroatoms. The van der Waals surface area contributed by atoms with Crippen molar-refractivity contribution < 1.29 is 0 Å². The van der Waals surface area contributed by atoms with Gasteiger partial charge in [-0.05, 0) is 47.4 Å². The second-order valence-corrected chi connectivity index (χ2v) is 4.79. The van der Waals surface area contributed by atoms with Gasteiger partial charge < -0.3 is 0 Å². The topological polar surface area (TPSA) is 52.7 Å². The van der Waals surface area contributed by atoms with Gasteiger partial charge in [0.15, 0.2) is 0 Å². The lowest BCUT2D eigenvalue weighted by molar-refractivity contribution is 0.277. The van der Waals surface area contributed by atoms with Gasteiger partial charge >= 0.3 is 5.69 Å². The van der Waals surface area contributed by atoms with Gasteiger partial charge in [0.05, 0.1) is 12.6 Å². The monoisotopic (exact) mass is 254 g/mol. The highest BCUT2D eigenvalue weighted by atomic mass is 16.2. The van der Waals surface area contributed by atoms with Gasteiger partial charge in [-0.15, -0.1) is 6.42 Å². The maximum absolute atomic E-state index is 12.1. The standard InChI is InChI=1S/C14H14N4O/c1-2-11-5-3-6-12(9-11)10-17-14(19)18(16-15-17)13-7-4-8-13/h1,3,5-6,9,13H,4,7-8,10H2. The maximum atomic E-state index is 12.1. The molecule has 0 saturated heterocycles. The summed E-state index contributed by atoms with van der Waals surface area (Å²) in [5.74, 6) is 2.58. The molecule has 0 aliphatic heterocycles. The van der Waals surface area contributed by atoms with Crippen molar-refractivity contribution in [2.24, 2.45) is 0 Å². The van der Waals surface area contributed by atoms with Crippen LogP contribution in [0.15, 0.2) is 29.1 Å². The Bertz CT molecular complexity index is 688. The Balaban J connectivity index is 1.85. The van der Waals surface area contributed by atoms with Crippen molar-refractivity contribution >= 4 is 0 Å². The summed E-state index contributed by atoms with van der Waals surface area (Å²) in [6.45, 7) is 0.404. The van der Waals surface area contributed by atoms with Crippen LogP contribution >= 0.6 is 0 Å². The number of nitrogens with zero attached hydrogens (tertiary/aromatic N) is 4. The van der Waals surface area contributed by atoms with E-state index in [4.69, 9.17) is 6.42 Å². The van der Waals surface area contributed by atoms with Crippen LogP contribution in [0.4, 0.5) is 0 Å². The Hall–Kier alpha value is -2.35. The predicted octanol–water partition coefficient (Wildman–Crippen LogP) is 1.19. The van der Waals surface area contributed by atoms with E-state index in [9.17, 15) is 4.79 Å². The molecule has 0 unspecified atom stereocenters. The average molecular weight is 254 g/mol. The summed E-state index contributed by atoms with van der Waals surface area (Å²) in [4.78, 5) is 12.1. The zero-order chi connectivity index (χ0) is 13.2. The fourth-order valence-electron chi connectivity index (χ4n) is 2.18. The minimum Gasteiger partial charge on any atom is -0.244 e. The SMILES string of the molecule is C#Cc1cccc(Cn2nnn(C3CCC3)c2=O)c1. The summed E-state index contributed by atoms with van der Waals surface area (Å²) in [5.41, 5.74) is 1.62. The van der Waals surface area contributed by atoms with Crippen molar-refractivity contribution in [2.45, 2.75) is 31.8 Å². The summed E-state index contributed by atoms with van der Waals surface area (Å²) >= 11 is 0. The van der Waals surface area contributed by atoms with E-state index >= 15 is 0 Å². The highest BCUT2D eigenvalue weighted by molar-refractivity contribution is 5.35. The number of terminal acetylenes is 1. The van der Waals surface area contributed by atoms with E-state index in [0.29, 0.717) is 6.54 Å². The minimum atomic E-state index is -0.143. The summed E-state index contributed by atoms with van der Waals surface area (Å²) < 4.78 is 2.88. The van der Waals surface area contributed by atoms with E-state index in [1.807, 2.05) is 24.3 Å².